The van der Waals surface area contributed by atoms with Crippen LogP contribution in [0.25, 0.3) is 0 Å². The molecule has 1 saturated carbocycles. The number of para-hydroxylation sites is 2. The van der Waals surface area contributed by atoms with Gasteiger partial charge in [-0.25, -0.2) is 8.42 Å². The Balaban J connectivity index is 1.71. The van der Waals surface area contributed by atoms with E-state index in [0.29, 0.717) is 15.6 Å². The zero-order valence-corrected chi connectivity index (χ0v) is 26.0. The lowest BCUT2D eigenvalue weighted by Crippen LogP contribution is -2.53. The van der Waals surface area contributed by atoms with Crippen molar-refractivity contribution in [3.63, 3.8) is 0 Å². The van der Waals surface area contributed by atoms with E-state index in [0.717, 1.165) is 36.4 Å². The molecule has 11 heteroatoms. The van der Waals surface area contributed by atoms with Crippen LogP contribution in [0.4, 0.5) is 5.69 Å². The van der Waals surface area contributed by atoms with Gasteiger partial charge in [0.05, 0.1) is 17.7 Å². The number of nitrogens with zero attached hydrogens (tertiary/aromatic N) is 2. The van der Waals surface area contributed by atoms with Gasteiger partial charge in [0.2, 0.25) is 11.8 Å². The van der Waals surface area contributed by atoms with E-state index in [1.807, 2.05) is 0 Å². The number of hydrogen-bond donors (Lipinski definition) is 1. The number of amides is 2. The number of methoxy groups -OCH3 is 1. The fraction of sp³-hybridized carbons (Fsp3) is 0.355. The Hall–Kier alpha value is -3.27. The van der Waals surface area contributed by atoms with Gasteiger partial charge >= 0.3 is 0 Å². The molecule has 0 unspecified atom stereocenters. The summed E-state index contributed by atoms with van der Waals surface area (Å²) in [5.41, 5.74) is 0.766. The molecule has 0 aliphatic heterocycles. The van der Waals surface area contributed by atoms with Crippen molar-refractivity contribution in [2.24, 2.45) is 0 Å². The molecule has 1 atom stereocenters. The summed E-state index contributed by atoms with van der Waals surface area (Å²) in [4.78, 5) is 29.0. The van der Waals surface area contributed by atoms with Crippen molar-refractivity contribution in [1.29, 1.82) is 0 Å². The van der Waals surface area contributed by atoms with Crippen molar-refractivity contribution in [2.45, 2.75) is 62.6 Å². The summed E-state index contributed by atoms with van der Waals surface area (Å²) in [5, 5.41) is 3.85. The second-order valence-corrected chi connectivity index (χ2v) is 13.0. The molecule has 0 heterocycles. The molecule has 0 aromatic heterocycles. The predicted octanol–water partition coefficient (Wildman–Crippen LogP) is 6.06. The molecule has 0 saturated heterocycles. The standard InChI is InChI=1S/C31H35Cl2N3O5S/c1-22(31(38)34-25-11-5-3-6-12-25)35(20-23-17-18-24(32)19-27(23)33)30(37)21-36(28-15-9-10-16-29(28)41-2)42(39,40)26-13-7-4-8-14-26/h4,7-10,13-19,22,25H,3,5-6,11-12,20-21H2,1-2H3,(H,34,38)/t22-/m0/s1. The highest BCUT2D eigenvalue weighted by molar-refractivity contribution is 7.92. The molecule has 42 heavy (non-hydrogen) atoms. The SMILES string of the molecule is COc1ccccc1N(CC(=O)N(Cc1ccc(Cl)cc1Cl)[C@@H](C)C(=O)NC1CCCCC1)S(=O)(=O)c1ccccc1. The first-order chi connectivity index (χ1) is 20.1. The molecule has 1 N–H and O–H groups in total. The van der Waals surface area contributed by atoms with Crippen LogP contribution in [0, 0.1) is 0 Å². The zero-order valence-electron chi connectivity index (χ0n) is 23.6. The molecule has 4 rings (SSSR count). The highest BCUT2D eigenvalue weighted by atomic mass is 35.5. The minimum Gasteiger partial charge on any atom is -0.495 e. The summed E-state index contributed by atoms with van der Waals surface area (Å²) in [6.07, 6.45) is 4.97. The van der Waals surface area contributed by atoms with Gasteiger partial charge in [0.15, 0.2) is 0 Å². The van der Waals surface area contributed by atoms with Gasteiger partial charge in [0.1, 0.15) is 18.3 Å². The van der Waals surface area contributed by atoms with Gasteiger partial charge in [-0.2, -0.15) is 0 Å². The fourth-order valence-corrected chi connectivity index (χ4v) is 6.97. The van der Waals surface area contributed by atoms with Gasteiger partial charge in [0.25, 0.3) is 10.0 Å². The summed E-state index contributed by atoms with van der Waals surface area (Å²) in [6.45, 7) is 1.03. The molecular formula is C31H35Cl2N3O5S. The van der Waals surface area contributed by atoms with E-state index in [4.69, 9.17) is 27.9 Å². The van der Waals surface area contributed by atoms with Crippen LogP contribution in [0.15, 0.2) is 77.7 Å². The topological polar surface area (TPSA) is 96.0 Å². The van der Waals surface area contributed by atoms with Crippen molar-refractivity contribution in [1.82, 2.24) is 10.2 Å². The van der Waals surface area contributed by atoms with E-state index < -0.39 is 28.5 Å². The maximum absolute atomic E-state index is 14.2. The van der Waals surface area contributed by atoms with E-state index in [1.165, 1.54) is 24.1 Å². The maximum atomic E-state index is 14.2. The molecule has 0 spiro atoms. The number of halogens is 2. The normalized spacial score (nSPS) is 14.6. The van der Waals surface area contributed by atoms with Gasteiger partial charge in [-0.3, -0.25) is 13.9 Å². The molecule has 2 amide bonds. The Kier molecular flexibility index (Phi) is 10.8. The minimum atomic E-state index is -4.21. The molecule has 0 bridgehead atoms. The van der Waals surface area contributed by atoms with Crippen LogP contribution in [0.1, 0.15) is 44.6 Å². The molecule has 1 fully saturated rings. The average molecular weight is 633 g/mol. The highest BCUT2D eigenvalue weighted by Gasteiger charge is 2.34. The third-order valence-electron chi connectivity index (χ3n) is 7.44. The van der Waals surface area contributed by atoms with Crippen molar-refractivity contribution in [3.8, 4) is 5.75 Å². The summed E-state index contributed by atoms with van der Waals surface area (Å²) in [6, 6.07) is 18.5. The Bertz CT molecular complexity index is 1500. The van der Waals surface area contributed by atoms with Crippen LogP contribution >= 0.6 is 23.2 Å². The van der Waals surface area contributed by atoms with E-state index in [9.17, 15) is 18.0 Å². The fourth-order valence-electron chi connectivity index (χ4n) is 5.05. The van der Waals surface area contributed by atoms with E-state index in [2.05, 4.69) is 5.32 Å². The van der Waals surface area contributed by atoms with Crippen molar-refractivity contribution in [2.75, 3.05) is 18.0 Å². The highest BCUT2D eigenvalue weighted by Crippen LogP contribution is 2.33. The Morgan fingerprint density at radius 3 is 2.31 bits per heavy atom. The van der Waals surface area contributed by atoms with Crippen LogP contribution in [0.5, 0.6) is 5.75 Å². The number of nitrogens with one attached hydrogen (secondary N) is 1. The summed E-state index contributed by atoms with van der Waals surface area (Å²) in [7, 11) is -2.78. The molecule has 1 aliphatic rings. The molecule has 3 aromatic carbocycles. The number of rotatable bonds is 11. The third-order valence-corrected chi connectivity index (χ3v) is 9.80. The van der Waals surface area contributed by atoms with E-state index in [1.54, 1.807) is 67.6 Å². The maximum Gasteiger partial charge on any atom is 0.264 e. The number of hydrogen-bond acceptors (Lipinski definition) is 5. The second kappa shape index (κ2) is 14.3. The number of ether oxygens (including phenoxy) is 1. The van der Waals surface area contributed by atoms with Gasteiger partial charge in [-0.1, -0.05) is 78.9 Å². The van der Waals surface area contributed by atoms with Crippen molar-refractivity contribution < 1.29 is 22.7 Å². The minimum absolute atomic E-state index is 0.0130. The lowest BCUT2D eigenvalue weighted by atomic mass is 9.95. The van der Waals surface area contributed by atoms with Crippen LogP contribution in [-0.2, 0) is 26.2 Å². The first kappa shape index (κ1) is 31.7. The number of carbonyl (C=O) groups is 2. The van der Waals surface area contributed by atoms with Gasteiger partial charge in [-0.05, 0) is 61.7 Å². The molecule has 224 valence electrons. The van der Waals surface area contributed by atoms with E-state index >= 15 is 0 Å². The van der Waals surface area contributed by atoms with Crippen LogP contribution in [0.2, 0.25) is 10.0 Å². The summed E-state index contributed by atoms with van der Waals surface area (Å²) in [5.74, 6) is -0.618. The molecular weight excluding hydrogens is 597 g/mol. The monoisotopic (exact) mass is 631 g/mol. The number of sulfonamides is 1. The average Bonchev–Trinajstić information content (AvgIpc) is 3.00. The smallest absolute Gasteiger partial charge is 0.264 e. The second-order valence-electron chi connectivity index (χ2n) is 10.3. The van der Waals surface area contributed by atoms with Crippen LogP contribution in [-0.4, -0.2) is 50.9 Å². The van der Waals surface area contributed by atoms with Crippen molar-refractivity contribution in [3.05, 3.63) is 88.4 Å². The third kappa shape index (κ3) is 7.56. The first-order valence-electron chi connectivity index (χ1n) is 13.9. The van der Waals surface area contributed by atoms with Gasteiger partial charge in [0, 0.05) is 22.6 Å². The molecule has 1 aliphatic carbocycles. The number of anilines is 1. The molecule has 3 aromatic rings. The summed E-state index contributed by atoms with van der Waals surface area (Å²) < 4.78 is 34.4. The largest absolute Gasteiger partial charge is 0.495 e. The molecule has 0 radical (unpaired) electrons. The molecule has 8 nitrogen and oxygen atoms in total. The number of benzene rings is 3. The lowest BCUT2D eigenvalue weighted by Gasteiger charge is -2.33. The summed E-state index contributed by atoms with van der Waals surface area (Å²) >= 11 is 12.6. The first-order valence-corrected chi connectivity index (χ1v) is 16.1. The number of carbonyl (C=O) groups excluding carboxylic acids is 2. The van der Waals surface area contributed by atoms with Crippen LogP contribution in [0.3, 0.4) is 0 Å². The van der Waals surface area contributed by atoms with Crippen LogP contribution < -0.4 is 14.4 Å². The van der Waals surface area contributed by atoms with Gasteiger partial charge in [-0.15, -0.1) is 0 Å². The van der Waals surface area contributed by atoms with E-state index in [-0.39, 0.29) is 34.8 Å². The zero-order chi connectivity index (χ0) is 30.3. The van der Waals surface area contributed by atoms with Crippen molar-refractivity contribution >= 4 is 50.7 Å². The quantitative estimate of drug-likeness (QED) is 0.277. The Morgan fingerprint density at radius 2 is 1.64 bits per heavy atom. The van der Waals surface area contributed by atoms with Gasteiger partial charge < -0.3 is 15.0 Å². The Morgan fingerprint density at radius 1 is 0.976 bits per heavy atom. The Labute approximate surface area is 257 Å². The predicted molar refractivity (Wildman–Crippen MR) is 165 cm³/mol. The lowest BCUT2D eigenvalue weighted by molar-refractivity contribution is -0.139.